The van der Waals surface area contributed by atoms with Gasteiger partial charge in [0, 0.05) is 32.7 Å². The summed E-state index contributed by atoms with van der Waals surface area (Å²) in [5.41, 5.74) is 6.13. The molecule has 1 saturated heterocycles. The predicted octanol–water partition coefficient (Wildman–Crippen LogP) is 1.19. The molecule has 0 bridgehead atoms. The van der Waals surface area contributed by atoms with E-state index in [1.807, 2.05) is 18.2 Å². The maximum Gasteiger partial charge on any atom is 0.230 e. The molecule has 0 radical (unpaired) electrons. The normalized spacial score (nSPS) is 15.2. The minimum absolute atomic E-state index is 0.0465. The van der Waals surface area contributed by atoms with Crippen LogP contribution in [0.5, 0.6) is 0 Å². The lowest BCUT2D eigenvalue weighted by molar-refractivity contribution is -0.118. The number of hydrogen-bond donors (Lipinski definition) is 2. The Labute approximate surface area is 158 Å². The highest BCUT2D eigenvalue weighted by Gasteiger charge is 2.18. The number of nitrogens with one attached hydrogen (secondary N) is 1. The van der Waals surface area contributed by atoms with Gasteiger partial charge in [0.25, 0.3) is 0 Å². The first kappa shape index (κ1) is 19.9. The van der Waals surface area contributed by atoms with Crippen molar-refractivity contribution in [2.45, 2.75) is 6.42 Å². The van der Waals surface area contributed by atoms with Gasteiger partial charge in [-0.3, -0.25) is 14.5 Å². The second-order valence-corrected chi connectivity index (χ2v) is 7.34. The molecule has 0 atom stereocenters. The maximum atomic E-state index is 11.6. The van der Waals surface area contributed by atoms with Gasteiger partial charge < -0.3 is 16.0 Å². The number of piperazine rings is 1. The first-order valence-corrected chi connectivity index (χ1v) is 9.94. The third kappa shape index (κ3) is 7.13. The number of para-hydroxylation sites is 1. The fraction of sp³-hybridized carbons (Fsp3) is 0.529. The van der Waals surface area contributed by atoms with Crippen LogP contribution in [-0.2, 0) is 9.59 Å². The SMILES string of the molecule is NC(=O)CSCC(=O)NCCCN1CCN(c2ccccc2Cl)CC1. The minimum atomic E-state index is -0.395. The second kappa shape index (κ2) is 10.5. The van der Waals surface area contributed by atoms with Crippen LogP contribution < -0.4 is 16.0 Å². The highest BCUT2D eigenvalue weighted by Crippen LogP contribution is 2.25. The van der Waals surface area contributed by atoms with E-state index in [0.717, 1.165) is 49.9 Å². The van der Waals surface area contributed by atoms with E-state index in [2.05, 4.69) is 21.2 Å². The fourth-order valence-corrected chi connectivity index (χ4v) is 3.59. The van der Waals surface area contributed by atoms with Crippen LogP contribution in [0.3, 0.4) is 0 Å². The lowest BCUT2D eigenvalue weighted by Crippen LogP contribution is -2.47. The Kier molecular flexibility index (Phi) is 8.37. The molecule has 1 heterocycles. The number of anilines is 1. The van der Waals surface area contributed by atoms with Crippen molar-refractivity contribution in [2.75, 3.05) is 55.7 Å². The molecule has 0 aromatic heterocycles. The van der Waals surface area contributed by atoms with Crippen molar-refractivity contribution in [1.29, 1.82) is 0 Å². The number of amides is 2. The Morgan fingerprint density at radius 3 is 2.56 bits per heavy atom. The predicted molar refractivity (Wildman–Crippen MR) is 104 cm³/mol. The number of halogens is 1. The van der Waals surface area contributed by atoms with E-state index in [1.54, 1.807) is 0 Å². The van der Waals surface area contributed by atoms with Gasteiger partial charge in [-0.15, -0.1) is 11.8 Å². The van der Waals surface area contributed by atoms with Crippen molar-refractivity contribution in [1.82, 2.24) is 10.2 Å². The van der Waals surface area contributed by atoms with Crippen LogP contribution in [0.25, 0.3) is 0 Å². The molecule has 138 valence electrons. The number of benzene rings is 1. The molecule has 0 spiro atoms. The molecule has 0 saturated carbocycles. The maximum absolute atomic E-state index is 11.6. The third-order valence-corrected chi connectivity index (χ3v) is 5.29. The van der Waals surface area contributed by atoms with Gasteiger partial charge in [-0.25, -0.2) is 0 Å². The van der Waals surface area contributed by atoms with Crippen molar-refractivity contribution in [3.05, 3.63) is 29.3 Å². The monoisotopic (exact) mass is 384 g/mol. The van der Waals surface area contributed by atoms with Crippen LogP contribution in [-0.4, -0.2) is 67.5 Å². The Hall–Kier alpha value is -1.44. The third-order valence-electron chi connectivity index (χ3n) is 4.02. The lowest BCUT2D eigenvalue weighted by Gasteiger charge is -2.36. The topological polar surface area (TPSA) is 78.7 Å². The summed E-state index contributed by atoms with van der Waals surface area (Å²) < 4.78 is 0. The zero-order valence-corrected chi connectivity index (χ0v) is 15.8. The van der Waals surface area contributed by atoms with Crippen molar-refractivity contribution in [3.8, 4) is 0 Å². The average molecular weight is 385 g/mol. The molecule has 3 N–H and O–H groups in total. The minimum Gasteiger partial charge on any atom is -0.369 e. The van der Waals surface area contributed by atoms with Crippen molar-refractivity contribution in [3.63, 3.8) is 0 Å². The highest BCUT2D eigenvalue weighted by molar-refractivity contribution is 8.00. The van der Waals surface area contributed by atoms with E-state index in [9.17, 15) is 9.59 Å². The Morgan fingerprint density at radius 2 is 1.88 bits per heavy atom. The van der Waals surface area contributed by atoms with Gasteiger partial charge in [0.05, 0.1) is 22.2 Å². The van der Waals surface area contributed by atoms with Gasteiger partial charge in [0.2, 0.25) is 11.8 Å². The standard InChI is InChI=1S/C17H25ClN4O2S/c18-14-4-1-2-5-15(14)22-10-8-21(9-11-22)7-3-6-20-17(24)13-25-12-16(19)23/h1-2,4-5H,3,6-13H2,(H2,19,23)(H,20,24). The van der Waals surface area contributed by atoms with E-state index >= 15 is 0 Å². The number of nitrogens with two attached hydrogens (primary N) is 1. The highest BCUT2D eigenvalue weighted by atomic mass is 35.5. The molecular formula is C17H25ClN4O2S. The van der Waals surface area contributed by atoms with E-state index in [-0.39, 0.29) is 17.4 Å². The zero-order chi connectivity index (χ0) is 18.1. The lowest BCUT2D eigenvalue weighted by atomic mass is 10.2. The Balaban J connectivity index is 1.57. The molecule has 2 amide bonds. The summed E-state index contributed by atoms with van der Waals surface area (Å²) in [6.45, 7) is 5.52. The summed E-state index contributed by atoms with van der Waals surface area (Å²) in [5, 5.41) is 3.67. The number of rotatable bonds is 9. The molecule has 25 heavy (non-hydrogen) atoms. The largest absolute Gasteiger partial charge is 0.369 e. The van der Waals surface area contributed by atoms with E-state index in [4.69, 9.17) is 17.3 Å². The van der Waals surface area contributed by atoms with Gasteiger partial charge in [-0.05, 0) is 25.1 Å². The van der Waals surface area contributed by atoms with Crippen molar-refractivity contribution >= 4 is 40.9 Å². The van der Waals surface area contributed by atoms with Crippen LogP contribution in [0.4, 0.5) is 5.69 Å². The quantitative estimate of drug-likeness (QED) is 0.625. The first-order valence-electron chi connectivity index (χ1n) is 8.41. The first-order chi connectivity index (χ1) is 12.1. The fourth-order valence-electron chi connectivity index (χ4n) is 2.75. The average Bonchev–Trinajstić information content (AvgIpc) is 2.59. The van der Waals surface area contributed by atoms with E-state index < -0.39 is 5.91 Å². The number of carbonyl (C=O) groups is 2. The van der Waals surface area contributed by atoms with E-state index in [1.165, 1.54) is 11.8 Å². The molecule has 1 fully saturated rings. The van der Waals surface area contributed by atoms with Gasteiger partial charge in [-0.1, -0.05) is 23.7 Å². The van der Waals surface area contributed by atoms with Crippen LogP contribution in [0.15, 0.2) is 24.3 Å². The molecule has 2 rings (SSSR count). The number of primary amides is 1. The summed E-state index contributed by atoms with van der Waals surface area (Å²) in [7, 11) is 0. The van der Waals surface area contributed by atoms with Gasteiger partial charge in [0.1, 0.15) is 0 Å². The Morgan fingerprint density at radius 1 is 1.16 bits per heavy atom. The zero-order valence-electron chi connectivity index (χ0n) is 14.2. The summed E-state index contributed by atoms with van der Waals surface area (Å²) in [6, 6.07) is 7.94. The van der Waals surface area contributed by atoms with E-state index in [0.29, 0.717) is 6.54 Å². The van der Waals surface area contributed by atoms with Crippen LogP contribution in [0.1, 0.15) is 6.42 Å². The number of thioether (sulfide) groups is 1. The van der Waals surface area contributed by atoms with Crippen molar-refractivity contribution < 1.29 is 9.59 Å². The summed E-state index contributed by atoms with van der Waals surface area (Å²) >= 11 is 7.50. The number of nitrogens with zero attached hydrogens (tertiary/aromatic N) is 2. The molecule has 6 nitrogen and oxygen atoms in total. The summed E-state index contributed by atoms with van der Waals surface area (Å²) in [4.78, 5) is 26.9. The van der Waals surface area contributed by atoms with Gasteiger partial charge in [-0.2, -0.15) is 0 Å². The Bertz CT molecular complexity index is 580. The molecule has 1 aliphatic rings. The number of carbonyl (C=O) groups excluding carboxylic acids is 2. The molecule has 1 aromatic carbocycles. The molecular weight excluding hydrogens is 360 g/mol. The smallest absolute Gasteiger partial charge is 0.230 e. The van der Waals surface area contributed by atoms with Crippen LogP contribution in [0.2, 0.25) is 5.02 Å². The number of hydrogen-bond acceptors (Lipinski definition) is 5. The van der Waals surface area contributed by atoms with Crippen LogP contribution in [0, 0.1) is 0 Å². The molecule has 1 aromatic rings. The summed E-state index contributed by atoms with van der Waals surface area (Å²) in [5.74, 6) is 0.0197. The van der Waals surface area contributed by atoms with Crippen LogP contribution >= 0.6 is 23.4 Å². The molecule has 0 aliphatic carbocycles. The van der Waals surface area contributed by atoms with Crippen molar-refractivity contribution in [2.24, 2.45) is 5.73 Å². The second-order valence-electron chi connectivity index (χ2n) is 5.94. The van der Waals surface area contributed by atoms with Gasteiger partial charge in [0.15, 0.2) is 0 Å². The van der Waals surface area contributed by atoms with Gasteiger partial charge >= 0.3 is 0 Å². The molecule has 1 aliphatic heterocycles. The molecule has 8 heteroatoms. The molecule has 0 unspecified atom stereocenters. The summed E-state index contributed by atoms with van der Waals surface area (Å²) in [6.07, 6.45) is 0.915.